The lowest BCUT2D eigenvalue weighted by atomic mass is 9.99. The highest BCUT2D eigenvalue weighted by molar-refractivity contribution is 6.51. The van der Waals surface area contributed by atoms with E-state index in [1.807, 2.05) is 25.1 Å². The number of furan rings is 1. The third-order valence-electron chi connectivity index (χ3n) is 5.28. The maximum absolute atomic E-state index is 13.1. The van der Waals surface area contributed by atoms with Gasteiger partial charge in [-0.15, -0.1) is 0 Å². The summed E-state index contributed by atoms with van der Waals surface area (Å²) >= 11 is 0. The molecule has 32 heavy (non-hydrogen) atoms. The van der Waals surface area contributed by atoms with Crippen LogP contribution in [-0.4, -0.2) is 33.4 Å². The number of aromatic amines is 1. The van der Waals surface area contributed by atoms with Gasteiger partial charge in [0.05, 0.1) is 29.5 Å². The van der Waals surface area contributed by atoms with Crippen LogP contribution in [0, 0.1) is 0 Å². The summed E-state index contributed by atoms with van der Waals surface area (Å²) in [5.74, 6) is -0.898. The van der Waals surface area contributed by atoms with Gasteiger partial charge in [-0.25, -0.2) is 4.98 Å². The Bertz CT molecular complexity index is 1320. The summed E-state index contributed by atoms with van der Waals surface area (Å²) in [6, 6.07) is 16.3. The van der Waals surface area contributed by atoms with Crippen LogP contribution in [0.4, 0.5) is 5.95 Å². The number of Topliss-reactive ketones (excluding diaryl/α,β-unsaturated/α-hetero) is 1. The lowest BCUT2D eigenvalue weighted by molar-refractivity contribution is -0.132. The van der Waals surface area contributed by atoms with Crippen LogP contribution in [0.1, 0.15) is 24.3 Å². The average Bonchev–Trinajstić information content (AvgIpc) is 3.52. The zero-order valence-electron chi connectivity index (χ0n) is 17.1. The number of carbonyl (C=O) groups is 2. The van der Waals surface area contributed by atoms with Gasteiger partial charge in [-0.05, 0) is 43.3 Å². The lowest BCUT2D eigenvalue weighted by Crippen LogP contribution is -2.30. The molecule has 3 heterocycles. The van der Waals surface area contributed by atoms with Crippen LogP contribution in [-0.2, 0) is 9.59 Å². The Balaban J connectivity index is 1.68. The molecule has 0 spiro atoms. The van der Waals surface area contributed by atoms with Crippen molar-refractivity contribution in [1.29, 1.82) is 0 Å². The van der Waals surface area contributed by atoms with Gasteiger partial charge in [-0.3, -0.25) is 14.5 Å². The summed E-state index contributed by atoms with van der Waals surface area (Å²) in [7, 11) is 0. The highest BCUT2D eigenvalue weighted by atomic mass is 16.5. The standard InChI is InChI=1S/C24H19N3O5/c1-2-31-15-8-5-7-14(13-15)21(28)19-20(18-11-6-12-32-18)27(23(30)22(19)29)24-25-16-9-3-4-10-17(16)26-24/h3-13,20,28H,2H2,1H3,(H,25,26)/b21-19+. The van der Waals surface area contributed by atoms with Crippen LogP contribution in [0.2, 0.25) is 0 Å². The number of aromatic nitrogens is 2. The van der Waals surface area contributed by atoms with Gasteiger partial charge in [0, 0.05) is 5.56 Å². The van der Waals surface area contributed by atoms with Gasteiger partial charge in [0.1, 0.15) is 23.3 Å². The maximum Gasteiger partial charge on any atom is 0.302 e. The Hall–Kier alpha value is -4.33. The predicted molar refractivity (Wildman–Crippen MR) is 117 cm³/mol. The van der Waals surface area contributed by atoms with Crippen molar-refractivity contribution in [2.75, 3.05) is 11.5 Å². The Morgan fingerprint density at radius 3 is 2.75 bits per heavy atom. The number of aliphatic hydroxyl groups is 1. The van der Waals surface area contributed by atoms with Crippen molar-refractivity contribution in [1.82, 2.24) is 9.97 Å². The van der Waals surface area contributed by atoms with Gasteiger partial charge in [-0.2, -0.15) is 0 Å². The van der Waals surface area contributed by atoms with Gasteiger partial charge in [0.25, 0.3) is 5.78 Å². The van der Waals surface area contributed by atoms with Gasteiger partial charge >= 0.3 is 5.91 Å². The molecular weight excluding hydrogens is 410 g/mol. The lowest BCUT2D eigenvalue weighted by Gasteiger charge is -2.20. The van der Waals surface area contributed by atoms with E-state index in [1.165, 1.54) is 11.2 Å². The molecule has 0 saturated carbocycles. The summed E-state index contributed by atoms with van der Waals surface area (Å²) in [5.41, 5.74) is 1.63. The van der Waals surface area contributed by atoms with Crippen LogP contribution in [0.3, 0.4) is 0 Å². The molecule has 1 atom stereocenters. The average molecular weight is 429 g/mol. The Morgan fingerprint density at radius 2 is 2.00 bits per heavy atom. The Labute approximate surface area is 182 Å². The van der Waals surface area contributed by atoms with Crippen molar-refractivity contribution in [2.45, 2.75) is 13.0 Å². The van der Waals surface area contributed by atoms with E-state index in [1.54, 1.807) is 42.5 Å². The summed E-state index contributed by atoms with van der Waals surface area (Å²) in [6.07, 6.45) is 1.45. The number of amides is 1. The fraction of sp³-hybridized carbons (Fsp3) is 0.125. The molecule has 8 nitrogen and oxygen atoms in total. The van der Waals surface area contributed by atoms with E-state index in [0.717, 1.165) is 0 Å². The summed E-state index contributed by atoms with van der Waals surface area (Å²) < 4.78 is 11.1. The molecule has 0 aliphatic carbocycles. The number of fused-ring (bicyclic) bond motifs is 1. The minimum absolute atomic E-state index is 0.0842. The van der Waals surface area contributed by atoms with Gasteiger partial charge in [0.15, 0.2) is 0 Å². The Morgan fingerprint density at radius 1 is 1.16 bits per heavy atom. The van der Waals surface area contributed by atoms with E-state index in [4.69, 9.17) is 9.15 Å². The van der Waals surface area contributed by atoms with Crippen LogP contribution in [0.5, 0.6) is 5.75 Å². The number of hydrogen-bond donors (Lipinski definition) is 2. The second-order valence-corrected chi connectivity index (χ2v) is 7.22. The molecule has 5 rings (SSSR count). The first-order valence-electron chi connectivity index (χ1n) is 10.1. The monoisotopic (exact) mass is 429 g/mol. The second-order valence-electron chi connectivity index (χ2n) is 7.22. The normalized spacial score (nSPS) is 17.9. The van der Waals surface area contributed by atoms with E-state index >= 15 is 0 Å². The molecule has 0 radical (unpaired) electrons. The number of ketones is 1. The minimum atomic E-state index is -0.985. The number of carbonyl (C=O) groups excluding carboxylic acids is 2. The van der Waals surface area contributed by atoms with Crippen molar-refractivity contribution < 1.29 is 23.8 Å². The molecule has 1 aliphatic rings. The summed E-state index contributed by atoms with van der Waals surface area (Å²) in [6.45, 7) is 2.30. The topological polar surface area (TPSA) is 109 Å². The van der Waals surface area contributed by atoms with Crippen LogP contribution >= 0.6 is 0 Å². The van der Waals surface area contributed by atoms with E-state index in [2.05, 4.69) is 9.97 Å². The third kappa shape index (κ3) is 3.13. The number of ether oxygens (including phenoxy) is 1. The second kappa shape index (κ2) is 7.73. The van der Waals surface area contributed by atoms with Gasteiger partial charge in [-0.1, -0.05) is 24.3 Å². The smallest absolute Gasteiger partial charge is 0.302 e. The number of anilines is 1. The van der Waals surface area contributed by atoms with Crippen molar-refractivity contribution in [3.8, 4) is 5.75 Å². The fourth-order valence-corrected chi connectivity index (χ4v) is 3.88. The largest absolute Gasteiger partial charge is 0.507 e. The molecule has 0 bridgehead atoms. The number of H-pyrrole nitrogens is 1. The molecule has 2 N–H and O–H groups in total. The van der Waals surface area contributed by atoms with E-state index in [-0.39, 0.29) is 17.3 Å². The SMILES string of the molecule is CCOc1cccc(/C(O)=C2\C(=O)C(=O)N(c3nc4ccccc4[nH]3)C2c2ccco2)c1. The van der Waals surface area contributed by atoms with Gasteiger partial charge < -0.3 is 19.2 Å². The molecule has 4 aromatic rings. The van der Waals surface area contributed by atoms with Gasteiger partial charge in [0.2, 0.25) is 5.95 Å². The number of imidazole rings is 1. The maximum atomic E-state index is 13.1. The van der Waals surface area contributed by atoms with Crippen molar-refractivity contribution in [2.24, 2.45) is 0 Å². The summed E-state index contributed by atoms with van der Waals surface area (Å²) in [4.78, 5) is 35.0. The third-order valence-corrected chi connectivity index (χ3v) is 5.28. The number of benzene rings is 2. The molecule has 1 saturated heterocycles. The van der Waals surface area contributed by atoms with Crippen molar-refractivity contribution in [3.05, 3.63) is 83.8 Å². The first-order valence-corrected chi connectivity index (χ1v) is 10.1. The molecule has 1 amide bonds. The van der Waals surface area contributed by atoms with Crippen LogP contribution in [0.15, 0.2) is 76.9 Å². The zero-order valence-corrected chi connectivity index (χ0v) is 17.1. The predicted octanol–water partition coefficient (Wildman–Crippen LogP) is 4.18. The molecule has 1 unspecified atom stereocenters. The number of nitrogens with one attached hydrogen (secondary N) is 1. The molecule has 2 aromatic heterocycles. The number of nitrogens with zero attached hydrogens (tertiary/aromatic N) is 2. The van der Waals surface area contributed by atoms with Crippen LogP contribution in [0.25, 0.3) is 16.8 Å². The van der Waals surface area contributed by atoms with E-state index in [0.29, 0.717) is 34.7 Å². The molecule has 2 aromatic carbocycles. The first-order chi connectivity index (χ1) is 15.6. The van der Waals surface area contributed by atoms with Crippen molar-refractivity contribution >= 4 is 34.4 Å². The molecular formula is C24H19N3O5. The highest BCUT2D eigenvalue weighted by Gasteiger charge is 2.49. The first kappa shape index (κ1) is 19.6. The Kier molecular flexibility index (Phi) is 4.74. The molecule has 1 fully saturated rings. The van der Waals surface area contributed by atoms with E-state index in [9.17, 15) is 14.7 Å². The summed E-state index contributed by atoms with van der Waals surface area (Å²) in [5, 5.41) is 11.1. The molecule has 8 heteroatoms. The number of para-hydroxylation sites is 2. The number of aliphatic hydroxyl groups excluding tert-OH is 1. The number of rotatable bonds is 5. The minimum Gasteiger partial charge on any atom is -0.507 e. The quantitative estimate of drug-likeness (QED) is 0.280. The van der Waals surface area contributed by atoms with Crippen LogP contribution < -0.4 is 9.64 Å². The highest BCUT2D eigenvalue weighted by Crippen LogP contribution is 2.42. The fourth-order valence-electron chi connectivity index (χ4n) is 3.88. The zero-order chi connectivity index (χ0) is 22.2. The number of hydrogen-bond acceptors (Lipinski definition) is 6. The molecule has 1 aliphatic heterocycles. The molecule has 160 valence electrons. The van der Waals surface area contributed by atoms with E-state index < -0.39 is 17.7 Å². The van der Waals surface area contributed by atoms with Crippen molar-refractivity contribution in [3.63, 3.8) is 0 Å².